The van der Waals surface area contributed by atoms with Gasteiger partial charge in [-0.1, -0.05) is 0 Å². The van der Waals surface area contributed by atoms with Gasteiger partial charge in [0, 0.05) is 37.6 Å². The zero-order valence-electron chi connectivity index (χ0n) is 10.7. The fourth-order valence-electron chi connectivity index (χ4n) is 1.42. The smallest absolute Gasteiger partial charge is 0.265 e. The number of benzene rings is 1. The van der Waals surface area contributed by atoms with Gasteiger partial charge in [-0.05, 0) is 18.2 Å². The highest BCUT2D eigenvalue weighted by Gasteiger charge is 2.16. The Bertz CT molecular complexity index is 533. The molecule has 0 bridgehead atoms. The van der Waals surface area contributed by atoms with Crippen LogP contribution in [-0.2, 0) is 10.0 Å². The third kappa shape index (κ3) is 4.32. The molecule has 0 saturated carbocycles. The van der Waals surface area contributed by atoms with E-state index in [2.05, 4.69) is 5.32 Å². The summed E-state index contributed by atoms with van der Waals surface area (Å²) in [7, 11) is -0.511. The molecule has 1 rings (SSSR count). The maximum Gasteiger partial charge on any atom is 0.265 e. The van der Waals surface area contributed by atoms with Gasteiger partial charge in [0.1, 0.15) is 0 Å². The lowest BCUT2D eigenvalue weighted by atomic mass is 10.1. The van der Waals surface area contributed by atoms with Crippen LogP contribution in [0.4, 0.5) is 20.2 Å². The van der Waals surface area contributed by atoms with Crippen molar-refractivity contribution < 1.29 is 17.2 Å². The number of anilines is 2. The second kappa shape index (κ2) is 6.16. The number of halogens is 2. The van der Waals surface area contributed by atoms with Gasteiger partial charge in [-0.15, -0.1) is 0 Å². The monoisotopic (exact) mass is 293 g/mol. The lowest BCUT2D eigenvalue weighted by Gasteiger charge is -2.14. The summed E-state index contributed by atoms with van der Waals surface area (Å²) >= 11 is 0. The van der Waals surface area contributed by atoms with E-state index in [1.54, 1.807) is 0 Å². The summed E-state index contributed by atoms with van der Waals surface area (Å²) in [6.45, 7) is 0.0458. The van der Waals surface area contributed by atoms with Crippen molar-refractivity contribution in [3.05, 3.63) is 23.8 Å². The van der Waals surface area contributed by atoms with Crippen LogP contribution in [0.5, 0.6) is 0 Å². The first-order valence-electron chi connectivity index (χ1n) is 5.55. The molecular formula is C11H17F2N3O2S. The van der Waals surface area contributed by atoms with E-state index in [9.17, 15) is 17.2 Å². The topological polar surface area (TPSA) is 75.4 Å². The largest absolute Gasteiger partial charge is 0.399 e. The Hall–Kier alpha value is -1.41. The number of sulfonamides is 1. The van der Waals surface area contributed by atoms with Gasteiger partial charge < -0.3 is 11.1 Å². The fraction of sp³-hybridized carbons (Fsp3) is 0.455. The molecule has 19 heavy (non-hydrogen) atoms. The van der Waals surface area contributed by atoms with E-state index in [1.807, 2.05) is 0 Å². The van der Waals surface area contributed by atoms with Crippen LogP contribution in [0.3, 0.4) is 0 Å². The first kappa shape index (κ1) is 15.6. The zero-order valence-corrected chi connectivity index (χ0v) is 11.5. The average molecular weight is 293 g/mol. The van der Waals surface area contributed by atoms with E-state index < -0.39 is 16.4 Å². The standard InChI is InChI=1S/C11H17F2N3O2S/c1-16(2)19(17,18)6-5-15-10-4-3-8(14)7-9(10)11(12)13/h3-4,7,11,15H,5-6,14H2,1-2H3. The van der Waals surface area contributed by atoms with Crippen molar-refractivity contribution in [3.8, 4) is 0 Å². The molecule has 8 heteroatoms. The molecule has 0 spiro atoms. The molecule has 0 amide bonds. The average Bonchev–Trinajstić information content (AvgIpc) is 2.30. The third-order valence-electron chi connectivity index (χ3n) is 2.54. The molecule has 0 aliphatic heterocycles. The predicted molar refractivity (Wildman–Crippen MR) is 71.8 cm³/mol. The van der Waals surface area contributed by atoms with Crippen molar-refractivity contribution in [2.24, 2.45) is 0 Å². The highest BCUT2D eigenvalue weighted by atomic mass is 32.2. The molecule has 0 atom stereocenters. The van der Waals surface area contributed by atoms with Gasteiger partial charge in [-0.25, -0.2) is 21.5 Å². The summed E-state index contributed by atoms with van der Waals surface area (Å²) in [5.41, 5.74) is 5.64. The number of nitrogen functional groups attached to an aromatic ring is 1. The normalized spacial score (nSPS) is 12.1. The number of nitrogens with one attached hydrogen (secondary N) is 1. The molecule has 0 saturated heterocycles. The summed E-state index contributed by atoms with van der Waals surface area (Å²) in [6, 6.07) is 4.07. The van der Waals surface area contributed by atoms with Gasteiger partial charge in [0.05, 0.1) is 5.75 Å². The van der Waals surface area contributed by atoms with Gasteiger partial charge in [-0.3, -0.25) is 0 Å². The highest BCUT2D eigenvalue weighted by molar-refractivity contribution is 7.89. The Morgan fingerprint density at radius 2 is 2.00 bits per heavy atom. The summed E-state index contributed by atoms with van der Waals surface area (Å²) in [5, 5.41) is 2.69. The molecule has 5 nitrogen and oxygen atoms in total. The molecule has 0 aliphatic carbocycles. The van der Waals surface area contributed by atoms with Crippen LogP contribution in [0, 0.1) is 0 Å². The third-order valence-corrected chi connectivity index (χ3v) is 4.38. The van der Waals surface area contributed by atoms with E-state index in [0.29, 0.717) is 0 Å². The van der Waals surface area contributed by atoms with Crippen molar-refractivity contribution in [1.82, 2.24) is 4.31 Å². The fourth-order valence-corrected chi connectivity index (χ4v) is 2.15. The Balaban J connectivity index is 2.74. The molecule has 3 N–H and O–H groups in total. The zero-order chi connectivity index (χ0) is 14.6. The van der Waals surface area contributed by atoms with Crippen LogP contribution in [0.1, 0.15) is 12.0 Å². The minimum absolute atomic E-state index is 0.0458. The summed E-state index contributed by atoms with van der Waals surface area (Å²) in [4.78, 5) is 0. The van der Waals surface area contributed by atoms with Crippen molar-refractivity contribution in [1.29, 1.82) is 0 Å². The number of nitrogens with two attached hydrogens (primary N) is 1. The summed E-state index contributed by atoms with van der Waals surface area (Å²) in [5.74, 6) is -0.174. The van der Waals surface area contributed by atoms with Crippen molar-refractivity contribution in [2.75, 3.05) is 37.4 Å². The van der Waals surface area contributed by atoms with Crippen LogP contribution in [0.25, 0.3) is 0 Å². The number of alkyl halides is 2. The maximum atomic E-state index is 12.8. The van der Waals surface area contributed by atoms with E-state index in [4.69, 9.17) is 5.73 Å². The van der Waals surface area contributed by atoms with E-state index in [1.165, 1.54) is 32.3 Å². The first-order chi connectivity index (χ1) is 8.74. The van der Waals surface area contributed by atoms with Crippen molar-refractivity contribution in [2.45, 2.75) is 6.43 Å². The van der Waals surface area contributed by atoms with E-state index in [0.717, 1.165) is 4.31 Å². The molecule has 108 valence electrons. The molecule has 0 fully saturated rings. The summed E-state index contributed by atoms with van der Waals surface area (Å²) < 4.78 is 49.7. The molecule has 0 radical (unpaired) electrons. The molecule has 0 heterocycles. The van der Waals surface area contributed by atoms with Crippen LogP contribution >= 0.6 is 0 Å². The molecule has 0 aromatic heterocycles. The highest BCUT2D eigenvalue weighted by Crippen LogP contribution is 2.28. The number of hydrogen-bond donors (Lipinski definition) is 2. The molecular weight excluding hydrogens is 276 g/mol. The van der Waals surface area contributed by atoms with Gasteiger partial charge in [0.25, 0.3) is 6.43 Å². The van der Waals surface area contributed by atoms with Crippen LogP contribution in [-0.4, -0.2) is 39.1 Å². The Morgan fingerprint density at radius 3 is 2.53 bits per heavy atom. The quantitative estimate of drug-likeness (QED) is 0.780. The van der Waals surface area contributed by atoms with E-state index in [-0.39, 0.29) is 29.2 Å². The molecule has 1 aromatic rings. The predicted octanol–water partition coefficient (Wildman–Crippen LogP) is 1.51. The minimum Gasteiger partial charge on any atom is -0.399 e. The second-order valence-corrected chi connectivity index (χ2v) is 6.47. The maximum absolute atomic E-state index is 12.8. The molecule has 0 unspecified atom stereocenters. The lowest BCUT2D eigenvalue weighted by Crippen LogP contribution is -2.28. The Morgan fingerprint density at radius 1 is 1.37 bits per heavy atom. The minimum atomic E-state index is -3.35. The lowest BCUT2D eigenvalue weighted by molar-refractivity contribution is 0.152. The van der Waals surface area contributed by atoms with Crippen molar-refractivity contribution in [3.63, 3.8) is 0 Å². The van der Waals surface area contributed by atoms with Crippen LogP contribution in [0.15, 0.2) is 18.2 Å². The molecule has 0 aliphatic rings. The van der Waals surface area contributed by atoms with E-state index >= 15 is 0 Å². The Labute approximate surface area is 111 Å². The second-order valence-electron chi connectivity index (χ2n) is 4.17. The first-order valence-corrected chi connectivity index (χ1v) is 7.16. The van der Waals surface area contributed by atoms with Gasteiger partial charge >= 0.3 is 0 Å². The van der Waals surface area contributed by atoms with Gasteiger partial charge in [0.15, 0.2) is 0 Å². The molecule has 1 aromatic carbocycles. The number of hydrogen-bond acceptors (Lipinski definition) is 4. The van der Waals surface area contributed by atoms with Crippen LogP contribution < -0.4 is 11.1 Å². The van der Waals surface area contributed by atoms with Gasteiger partial charge in [-0.2, -0.15) is 0 Å². The van der Waals surface area contributed by atoms with Crippen LogP contribution in [0.2, 0.25) is 0 Å². The SMILES string of the molecule is CN(C)S(=O)(=O)CCNc1ccc(N)cc1C(F)F. The number of rotatable bonds is 6. The van der Waals surface area contributed by atoms with Crippen molar-refractivity contribution >= 4 is 21.4 Å². The van der Waals surface area contributed by atoms with Gasteiger partial charge in [0.2, 0.25) is 10.0 Å². The Kier molecular flexibility index (Phi) is 5.07. The number of nitrogens with zero attached hydrogens (tertiary/aromatic N) is 1. The summed E-state index contributed by atoms with van der Waals surface area (Å²) in [6.07, 6.45) is -2.67.